The number of pyridine rings is 1. The number of nitrogens with zero attached hydrogens (tertiary/aromatic N) is 3. The minimum Gasteiger partial charge on any atom is -0.336 e. The molecule has 4 rings (SSSR count). The Morgan fingerprint density at radius 3 is 2.55 bits per heavy atom. The summed E-state index contributed by atoms with van der Waals surface area (Å²) >= 11 is 1.38. The molecule has 0 radical (unpaired) electrons. The molecule has 4 heterocycles. The lowest BCUT2D eigenvalue weighted by Gasteiger charge is -2.32. The third kappa shape index (κ3) is 5.46. The van der Waals surface area contributed by atoms with Gasteiger partial charge >= 0.3 is 0 Å². The number of anilines is 1. The minimum absolute atomic E-state index is 0. The first-order valence-electron chi connectivity index (χ1n) is 9.25. The molecule has 2 aliphatic rings. The van der Waals surface area contributed by atoms with Crippen molar-refractivity contribution < 1.29 is 9.59 Å². The van der Waals surface area contributed by atoms with E-state index in [4.69, 9.17) is 0 Å². The number of carbonyl (C=O) groups excluding carboxylic acids is 2. The SMILES string of the molecule is Cl.Cl.O=C(Nc1ccsc1C(=O)N1CCC(N2CCNCC2)C1)c1ccncc1. The summed E-state index contributed by atoms with van der Waals surface area (Å²) in [5.41, 5.74) is 1.10. The smallest absolute Gasteiger partial charge is 0.266 e. The van der Waals surface area contributed by atoms with Crippen LogP contribution in [0.3, 0.4) is 0 Å². The predicted octanol–water partition coefficient (Wildman–Crippen LogP) is 2.36. The van der Waals surface area contributed by atoms with Crippen LogP contribution in [-0.2, 0) is 0 Å². The van der Waals surface area contributed by atoms with Crippen molar-refractivity contribution in [1.29, 1.82) is 0 Å². The van der Waals surface area contributed by atoms with Gasteiger partial charge in [0.1, 0.15) is 4.88 Å². The van der Waals surface area contributed by atoms with E-state index in [0.717, 1.165) is 45.7 Å². The third-order valence-corrected chi connectivity index (χ3v) is 6.07. The third-order valence-electron chi connectivity index (χ3n) is 5.17. The second-order valence-corrected chi connectivity index (χ2v) is 7.75. The van der Waals surface area contributed by atoms with Crippen molar-refractivity contribution in [2.75, 3.05) is 44.6 Å². The van der Waals surface area contributed by atoms with Gasteiger partial charge in [0.2, 0.25) is 0 Å². The average molecular weight is 458 g/mol. The van der Waals surface area contributed by atoms with Crippen LogP contribution in [0, 0.1) is 0 Å². The number of nitrogens with one attached hydrogen (secondary N) is 2. The van der Waals surface area contributed by atoms with E-state index in [9.17, 15) is 9.59 Å². The molecule has 2 aliphatic heterocycles. The Bertz CT molecular complexity index is 814. The van der Waals surface area contributed by atoms with Gasteiger partial charge in [0, 0.05) is 63.3 Å². The molecule has 7 nitrogen and oxygen atoms in total. The average Bonchev–Trinajstić information content (AvgIpc) is 3.39. The van der Waals surface area contributed by atoms with Gasteiger partial charge in [0.15, 0.2) is 0 Å². The number of halogens is 2. The molecule has 2 saturated heterocycles. The fourth-order valence-electron chi connectivity index (χ4n) is 3.69. The molecular formula is C19H25Cl2N5O2S. The van der Waals surface area contributed by atoms with Crippen molar-refractivity contribution in [3.8, 4) is 0 Å². The summed E-state index contributed by atoms with van der Waals surface area (Å²) in [6, 6.07) is 5.54. The zero-order valence-electron chi connectivity index (χ0n) is 15.9. The number of piperazine rings is 1. The van der Waals surface area contributed by atoms with Crippen LogP contribution in [0.2, 0.25) is 0 Å². The highest BCUT2D eigenvalue weighted by atomic mass is 35.5. The summed E-state index contributed by atoms with van der Waals surface area (Å²) in [4.78, 5) is 34.3. The summed E-state index contributed by atoms with van der Waals surface area (Å²) in [6.07, 6.45) is 4.17. The number of aromatic nitrogens is 1. The Morgan fingerprint density at radius 2 is 1.83 bits per heavy atom. The van der Waals surface area contributed by atoms with Gasteiger partial charge in [-0.15, -0.1) is 36.2 Å². The number of thiophene rings is 1. The maximum Gasteiger partial charge on any atom is 0.266 e. The highest BCUT2D eigenvalue weighted by Gasteiger charge is 2.32. The molecule has 0 aromatic carbocycles. The Kier molecular flexibility index (Phi) is 8.85. The van der Waals surface area contributed by atoms with E-state index < -0.39 is 0 Å². The topological polar surface area (TPSA) is 77.6 Å². The van der Waals surface area contributed by atoms with Crippen LogP contribution in [0.1, 0.15) is 26.5 Å². The molecule has 2 aromatic rings. The highest BCUT2D eigenvalue weighted by Crippen LogP contribution is 2.27. The Balaban J connectivity index is 0.00000150. The van der Waals surface area contributed by atoms with Crippen molar-refractivity contribution in [1.82, 2.24) is 20.1 Å². The van der Waals surface area contributed by atoms with Crippen molar-refractivity contribution >= 4 is 53.7 Å². The highest BCUT2D eigenvalue weighted by molar-refractivity contribution is 7.12. The summed E-state index contributed by atoms with van der Waals surface area (Å²) < 4.78 is 0. The van der Waals surface area contributed by atoms with Gasteiger partial charge in [-0.1, -0.05) is 0 Å². The normalized spacial score (nSPS) is 19.2. The molecule has 158 valence electrons. The zero-order valence-corrected chi connectivity index (χ0v) is 18.3. The summed E-state index contributed by atoms with van der Waals surface area (Å²) in [5.74, 6) is -0.224. The Morgan fingerprint density at radius 1 is 1.10 bits per heavy atom. The second-order valence-electron chi connectivity index (χ2n) is 6.83. The van der Waals surface area contributed by atoms with E-state index in [-0.39, 0.29) is 36.6 Å². The molecule has 1 unspecified atom stereocenters. The molecule has 0 saturated carbocycles. The lowest BCUT2D eigenvalue weighted by molar-refractivity contribution is 0.0779. The number of amides is 2. The molecular weight excluding hydrogens is 433 g/mol. The van der Waals surface area contributed by atoms with Crippen molar-refractivity contribution in [3.63, 3.8) is 0 Å². The fourth-order valence-corrected chi connectivity index (χ4v) is 4.50. The van der Waals surface area contributed by atoms with E-state index in [1.54, 1.807) is 30.6 Å². The van der Waals surface area contributed by atoms with Gasteiger partial charge in [0.05, 0.1) is 5.69 Å². The first-order chi connectivity index (χ1) is 13.2. The van der Waals surface area contributed by atoms with Crippen molar-refractivity contribution in [2.24, 2.45) is 0 Å². The van der Waals surface area contributed by atoms with Crippen molar-refractivity contribution in [3.05, 3.63) is 46.4 Å². The van der Waals surface area contributed by atoms with E-state index in [0.29, 0.717) is 22.2 Å². The van der Waals surface area contributed by atoms with E-state index in [1.807, 2.05) is 10.3 Å². The lowest BCUT2D eigenvalue weighted by Crippen LogP contribution is -2.49. The standard InChI is InChI=1S/C19H23N5O2S.2ClH/c25-18(14-1-5-20-6-2-14)22-16-4-12-27-17(16)19(26)24-9-3-15(13-24)23-10-7-21-8-11-23;;/h1-2,4-6,12,15,21H,3,7-11,13H2,(H,22,25);2*1H. The number of carbonyl (C=O) groups is 2. The van der Waals surface area contributed by atoms with Gasteiger partial charge in [-0.3, -0.25) is 19.5 Å². The number of hydrogen-bond donors (Lipinski definition) is 2. The number of hydrogen-bond acceptors (Lipinski definition) is 6. The van der Waals surface area contributed by atoms with E-state index in [1.165, 1.54) is 11.3 Å². The first kappa shape index (κ1) is 23.6. The number of likely N-dealkylation sites (tertiary alicyclic amines) is 1. The summed E-state index contributed by atoms with van der Waals surface area (Å²) in [7, 11) is 0. The van der Waals surface area contributed by atoms with Gasteiger partial charge in [0.25, 0.3) is 11.8 Å². The summed E-state index contributed by atoms with van der Waals surface area (Å²) in [6.45, 7) is 5.64. The van der Waals surface area contributed by atoms with Crippen LogP contribution in [0.5, 0.6) is 0 Å². The fraction of sp³-hybridized carbons (Fsp3) is 0.421. The quantitative estimate of drug-likeness (QED) is 0.736. The van der Waals surface area contributed by atoms with E-state index in [2.05, 4.69) is 20.5 Å². The Hall–Kier alpha value is -1.71. The summed E-state index contributed by atoms with van der Waals surface area (Å²) in [5, 5.41) is 8.08. The minimum atomic E-state index is -0.232. The van der Waals surface area contributed by atoms with Gasteiger partial charge in [-0.05, 0) is 30.0 Å². The molecule has 2 amide bonds. The number of rotatable bonds is 4. The molecule has 0 spiro atoms. The molecule has 2 N–H and O–H groups in total. The van der Waals surface area contributed by atoms with Gasteiger partial charge in [-0.2, -0.15) is 0 Å². The predicted molar refractivity (Wildman–Crippen MR) is 120 cm³/mol. The second kappa shape index (κ2) is 10.9. The zero-order chi connectivity index (χ0) is 18.6. The molecule has 29 heavy (non-hydrogen) atoms. The van der Waals surface area contributed by atoms with Crippen LogP contribution in [0.4, 0.5) is 5.69 Å². The maximum absolute atomic E-state index is 13.0. The van der Waals surface area contributed by atoms with Gasteiger partial charge < -0.3 is 15.5 Å². The van der Waals surface area contributed by atoms with Crippen LogP contribution in [0.15, 0.2) is 36.0 Å². The molecule has 2 aromatic heterocycles. The monoisotopic (exact) mass is 457 g/mol. The van der Waals surface area contributed by atoms with Crippen LogP contribution >= 0.6 is 36.2 Å². The molecule has 2 fully saturated rings. The van der Waals surface area contributed by atoms with Gasteiger partial charge in [-0.25, -0.2) is 0 Å². The van der Waals surface area contributed by atoms with Crippen LogP contribution in [-0.4, -0.2) is 71.9 Å². The molecule has 0 bridgehead atoms. The molecule has 0 aliphatic carbocycles. The van der Waals surface area contributed by atoms with Crippen LogP contribution < -0.4 is 10.6 Å². The van der Waals surface area contributed by atoms with E-state index >= 15 is 0 Å². The Labute approximate surface area is 186 Å². The van der Waals surface area contributed by atoms with Crippen LogP contribution in [0.25, 0.3) is 0 Å². The van der Waals surface area contributed by atoms with Crippen molar-refractivity contribution in [2.45, 2.75) is 12.5 Å². The first-order valence-corrected chi connectivity index (χ1v) is 10.1. The molecule has 10 heteroatoms. The lowest BCUT2D eigenvalue weighted by atomic mass is 10.2. The largest absolute Gasteiger partial charge is 0.336 e. The maximum atomic E-state index is 13.0. The molecule has 1 atom stereocenters.